The number of halogens is 1. The average molecular weight is 410 g/mol. The maximum atomic E-state index is 14.0. The SMILES string of the molecule is N#CC(Cc1ccc(-c2ccc(C(N)=O)c(F)c2)cc1)NC(=O)[C@@H]1CNCCCO1. The van der Waals surface area contributed by atoms with E-state index in [0.29, 0.717) is 25.1 Å². The van der Waals surface area contributed by atoms with Crippen LogP contribution >= 0.6 is 0 Å². The molecule has 0 aliphatic carbocycles. The van der Waals surface area contributed by atoms with Gasteiger partial charge in [0.2, 0.25) is 0 Å². The van der Waals surface area contributed by atoms with Crippen LogP contribution in [0.1, 0.15) is 22.3 Å². The molecule has 2 aromatic carbocycles. The van der Waals surface area contributed by atoms with E-state index in [-0.39, 0.29) is 11.5 Å². The number of carbonyl (C=O) groups is 2. The molecular formula is C22H23FN4O3. The third-order valence-electron chi connectivity index (χ3n) is 4.87. The van der Waals surface area contributed by atoms with E-state index in [1.807, 2.05) is 12.1 Å². The molecule has 1 heterocycles. The molecular weight excluding hydrogens is 387 g/mol. The highest BCUT2D eigenvalue weighted by Gasteiger charge is 2.23. The summed E-state index contributed by atoms with van der Waals surface area (Å²) in [6.45, 7) is 1.72. The zero-order chi connectivity index (χ0) is 21.5. The molecule has 30 heavy (non-hydrogen) atoms. The first-order valence-corrected chi connectivity index (χ1v) is 9.69. The van der Waals surface area contributed by atoms with Gasteiger partial charge < -0.3 is 21.1 Å². The normalized spacial score (nSPS) is 17.4. The molecule has 0 spiro atoms. The van der Waals surface area contributed by atoms with Gasteiger partial charge >= 0.3 is 0 Å². The average Bonchev–Trinajstić information content (AvgIpc) is 3.03. The van der Waals surface area contributed by atoms with Crippen molar-refractivity contribution in [3.05, 3.63) is 59.4 Å². The topological polar surface area (TPSA) is 117 Å². The van der Waals surface area contributed by atoms with E-state index in [9.17, 15) is 19.2 Å². The first kappa shape index (κ1) is 21.4. The van der Waals surface area contributed by atoms with Gasteiger partial charge in [0.1, 0.15) is 18.0 Å². The van der Waals surface area contributed by atoms with Crippen LogP contribution in [0.25, 0.3) is 11.1 Å². The molecule has 2 aromatic rings. The smallest absolute Gasteiger partial charge is 0.251 e. The second-order valence-electron chi connectivity index (χ2n) is 7.07. The molecule has 3 rings (SSSR count). The molecule has 7 nitrogen and oxygen atoms in total. The van der Waals surface area contributed by atoms with Crippen LogP contribution in [0.15, 0.2) is 42.5 Å². The third-order valence-corrected chi connectivity index (χ3v) is 4.87. The molecule has 4 N–H and O–H groups in total. The van der Waals surface area contributed by atoms with Gasteiger partial charge in [0.05, 0.1) is 11.6 Å². The van der Waals surface area contributed by atoms with Crippen LogP contribution in [0, 0.1) is 17.1 Å². The summed E-state index contributed by atoms with van der Waals surface area (Å²) in [5.74, 6) is -1.80. The molecule has 0 bridgehead atoms. The molecule has 1 unspecified atom stereocenters. The Hall–Kier alpha value is -3.28. The van der Waals surface area contributed by atoms with Gasteiger partial charge in [0.15, 0.2) is 0 Å². The van der Waals surface area contributed by atoms with Crippen LogP contribution in [0.3, 0.4) is 0 Å². The minimum atomic E-state index is -0.816. The molecule has 1 saturated heterocycles. The van der Waals surface area contributed by atoms with Crippen molar-refractivity contribution in [2.45, 2.75) is 25.0 Å². The fourth-order valence-electron chi connectivity index (χ4n) is 3.24. The first-order valence-electron chi connectivity index (χ1n) is 9.69. The van der Waals surface area contributed by atoms with E-state index < -0.39 is 23.9 Å². The molecule has 156 valence electrons. The number of carbonyl (C=O) groups excluding carboxylic acids is 2. The number of nitrogens with zero attached hydrogens (tertiary/aromatic N) is 1. The lowest BCUT2D eigenvalue weighted by molar-refractivity contribution is -0.132. The molecule has 0 radical (unpaired) electrons. The van der Waals surface area contributed by atoms with Crippen molar-refractivity contribution in [1.82, 2.24) is 10.6 Å². The Bertz CT molecular complexity index is 948. The van der Waals surface area contributed by atoms with Gasteiger partial charge in [-0.3, -0.25) is 9.59 Å². The zero-order valence-electron chi connectivity index (χ0n) is 16.4. The van der Waals surface area contributed by atoms with Crippen LogP contribution in [0.5, 0.6) is 0 Å². The monoisotopic (exact) mass is 410 g/mol. The number of nitriles is 1. The first-order chi connectivity index (χ1) is 14.5. The van der Waals surface area contributed by atoms with E-state index in [1.165, 1.54) is 12.1 Å². The summed E-state index contributed by atoms with van der Waals surface area (Å²) in [5, 5.41) is 15.3. The molecule has 1 fully saturated rings. The van der Waals surface area contributed by atoms with E-state index in [0.717, 1.165) is 24.1 Å². The Labute approximate surface area is 174 Å². The maximum absolute atomic E-state index is 14.0. The summed E-state index contributed by atoms with van der Waals surface area (Å²) >= 11 is 0. The van der Waals surface area contributed by atoms with Crippen LogP contribution in [-0.2, 0) is 16.0 Å². The zero-order valence-corrected chi connectivity index (χ0v) is 16.4. The van der Waals surface area contributed by atoms with E-state index in [4.69, 9.17) is 10.5 Å². The van der Waals surface area contributed by atoms with Crippen molar-refractivity contribution in [2.75, 3.05) is 19.7 Å². The Balaban J connectivity index is 1.64. The van der Waals surface area contributed by atoms with Crippen LogP contribution in [-0.4, -0.2) is 43.7 Å². The summed E-state index contributed by atoms with van der Waals surface area (Å²) in [4.78, 5) is 23.5. The second kappa shape index (κ2) is 9.96. The van der Waals surface area contributed by atoms with Gasteiger partial charge in [0.25, 0.3) is 11.8 Å². The van der Waals surface area contributed by atoms with Gasteiger partial charge in [-0.25, -0.2) is 4.39 Å². The Kier molecular flexibility index (Phi) is 7.12. The van der Waals surface area contributed by atoms with Crippen LogP contribution < -0.4 is 16.4 Å². The molecule has 0 saturated carbocycles. The summed E-state index contributed by atoms with van der Waals surface area (Å²) in [7, 11) is 0. The minimum absolute atomic E-state index is 0.157. The molecule has 8 heteroatoms. The van der Waals surface area contributed by atoms with E-state index in [1.54, 1.807) is 18.2 Å². The lowest BCUT2D eigenvalue weighted by atomic mass is 9.99. The Morgan fingerprint density at radius 3 is 2.67 bits per heavy atom. The van der Waals surface area contributed by atoms with Crippen molar-refractivity contribution in [1.29, 1.82) is 5.26 Å². The van der Waals surface area contributed by atoms with Crippen LogP contribution in [0.2, 0.25) is 0 Å². The Morgan fingerprint density at radius 2 is 2.00 bits per heavy atom. The maximum Gasteiger partial charge on any atom is 0.251 e. The third kappa shape index (κ3) is 5.41. The van der Waals surface area contributed by atoms with Gasteiger partial charge in [-0.15, -0.1) is 0 Å². The quantitative estimate of drug-likeness (QED) is 0.668. The number of benzene rings is 2. The highest BCUT2D eigenvalue weighted by molar-refractivity contribution is 5.93. The van der Waals surface area contributed by atoms with Crippen molar-refractivity contribution in [3.63, 3.8) is 0 Å². The van der Waals surface area contributed by atoms with Gasteiger partial charge in [-0.2, -0.15) is 5.26 Å². The van der Waals surface area contributed by atoms with Gasteiger partial charge in [0, 0.05) is 19.6 Å². The fraction of sp³-hybridized carbons (Fsp3) is 0.318. The van der Waals surface area contributed by atoms with Crippen LogP contribution in [0.4, 0.5) is 4.39 Å². The number of ether oxygens (including phenoxy) is 1. The van der Waals surface area contributed by atoms with Crippen molar-refractivity contribution in [3.8, 4) is 17.2 Å². The molecule has 1 aliphatic rings. The number of nitrogens with two attached hydrogens (primary N) is 1. The Morgan fingerprint density at radius 1 is 1.27 bits per heavy atom. The number of hydrogen-bond acceptors (Lipinski definition) is 5. The van der Waals surface area contributed by atoms with Crippen molar-refractivity contribution in [2.24, 2.45) is 5.73 Å². The number of hydrogen-bond donors (Lipinski definition) is 3. The number of primary amides is 1. The predicted molar refractivity (Wildman–Crippen MR) is 109 cm³/mol. The molecule has 2 amide bonds. The molecule has 0 aromatic heterocycles. The predicted octanol–water partition coefficient (Wildman–Crippen LogP) is 1.52. The van der Waals surface area contributed by atoms with Crippen molar-refractivity contribution < 1.29 is 18.7 Å². The van der Waals surface area contributed by atoms with Gasteiger partial charge in [-0.1, -0.05) is 30.3 Å². The van der Waals surface area contributed by atoms with E-state index >= 15 is 0 Å². The second-order valence-corrected chi connectivity index (χ2v) is 7.07. The lowest BCUT2D eigenvalue weighted by Crippen LogP contribution is -2.46. The number of amides is 2. The molecule has 2 atom stereocenters. The van der Waals surface area contributed by atoms with E-state index in [2.05, 4.69) is 16.7 Å². The number of rotatable bonds is 6. The minimum Gasteiger partial charge on any atom is -0.367 e. The fourth-order valence-corrected chi connectivity index (χ4v) is 3.24. The summed E-state index contributed by atoms with van der Waals surface area (Å²) in [6.07, 6.45) is 0.564. The highest BCUT2D eigenvalue weighted by Crippen LogP contribution is 2.23. The largest absolute Gasteiger partial charge is 0.367 e. The number of nitrogens with one attached hydrogen (secondary N) is 2. The van der Waals surface area contributed by atoms with Crippen molar-refractivity contribution >= 4 is 11.8 Å². The lowest BCUT2D eigenvalue weighted by Gasteiger charge is -2.18. The molecule has 1 aliphatic heterocycles. The van der Waals surface area contributed by atoms with Gasteiger partial charge in [-0.05, 0) is 41.8 Å². The highest BCUT2D eigenvalue weighted by atomic mass is 19.1. The standard InChI is InChI=1S/C22H23FN4O3/c23-19-11-16(6-7-18(19)21(25)28)15-4-2-14(3-5-15)10-17(12-24)27-22(29)20-13-26-8-1-9-30-20/h2-7,11,17,20,26H,1,8-10,13H2,(H2,25,28)(H,27,29)/t17?,20-/m0/s1. The summed E-state index contributed by atoms with van der Waals surface area (Å²) in [6, 6.07) is 12.9. The summed E-state index contributed by atoms with van der Waals surface area (Å²) in [5.41, 5.74) is 7.17. The summed E-state index contributed by atoms with van der Waals surface area (Å²) < 4.78 is 19.5.